The molecule has 0 spiro atoms. The van der Waals surface area contributed by atoms with Crippen molar-refractivity contribution in [3.05, 3.63) is 53.8 Å². The van der Waals surface area contributed by atoms with Gasteiger partial charge in [-0.05, 0) is 55.7 Å². The highest BCUT2D eigenvalue weighted by molar-refractivity contribution is 7.89. The Morgan fingerprint density at radius 2 is 1.91 bits per heavy atom. The number of carbonyl (C=O) groups excluding carboxylic acids is 2. The zero-order valence-electron chi connectivity index (χ0n) is 18.5. The van der Waals surface area contributed by atoms with E-state index in [0.29, 0.717) is 25.1 Å². The Hall–Kier alpha value is -2.98. The van der Waals surface area contributed by atoms with Crippen LogP contribution in [0.4, 0.5) is 10.1 Å². The van der Waals surface area contributed by atoms with Crippen LogP contribution in [0.5, 0.6) is 5.75 Å². The highest BCUT2D eigenvalue weighted by atomic mass is 32.2. The molecule has 33 heavy (non-hydrogen) atoms. The van der Waals surface area contributed by atoms with Crippen LogP contribution in [-0.4, -0.2) is 51.4 Å². The van der Waals surface area contributed by atoms with Crippen molar-refractivity contribution < 1.29 is 31.9 Å². The third-order valence-corrected chi connectivity index (χ3v) is 7.26. The molecule has 0 radical (unpaired) electrons. The van der Waals surface area contributed by atoms with Gasteiger partial charge >= 0.3 is 5.97 Å². The van der Waals surface area contributed by atoms with Crippen LogP contribution in [0.3, 0.4) is 0 Å². The quantitative estimate of drug-likeness (QED) is 0.586. The predicted molar refractivity (Wildman–Crippen MR) is 120 cm³/mol. The summed E-state index contributed by atoms with van der Waals surface area (Å²) < 4.78 is 51.2. The van der Waals surface area contributed by atoms with Crippen molar-refractivity contribution in [3.63, 3.8) is 0 Å². The van der Waals surface area contributed by atoms with Crippen LogP contribution in [-0.2, 0) is 30.8 Å². The van der Waals surface area contributed by atoms with E-state index in [0.717, 1.165) is 17.7 Å². The third kappa shape index (κ3) is 6.08. The molecular weight excluding hydrogens is 451 g/mol. The lowest BCUT2D eigenvalue weighted by molar-refractivity contribution is -0.142. The maximum absolute atomic E-state index is 13.7. The van der Waals surface area contributed by atoms with Gasteiger partial charge in [-0.3, -0.25) is 9.59 Å². The number of halogens is 1. The second-order valence-corrected chi connectivity index (χ2v) is 9.57. The minimum Gasteiger partial charge on any atom is -0.495 e. The van der Waals surface area contributed by atoms with Crippen molar-refractivity contribution in [3.8, 4) is 5.75 Å². The normalized spacial score (nSPS) is 16.8. The van der Waals surface area contributed by atoms with Gasteiger partial charge in [0.15, 0.2) is 0 Å². The first-order valence-corrected chi connectivity index (χ1v) is 12.1. The Balaban J connectivity index is 1.67. The average molecular weight is 479 g/mol. The van der Waals surface area contributed by atoms with Gasteiger partial charge in [-0.25, -0.2) is 12.8 Å². The molecule has 1 saturated heterocycles. The second kappa shape index (κ2) is 10.8. The van der Waals surface area contributed by atoms with Gasteiger partial charge in [0, 0.05) is 18.8 Å². The van der Waals surface area contributed by atoms with E-state index in [1.807, 2.05) is 0 Å². The molecule has 0 saturated carbocycles. The first-order chi connectivity index (χ1) is 15.7. The van der Waals surface area contributed by atoms with Crippen LogP contribution in [0.1, 0.15) is 25.3 Å². The van der Waals surface area contributed by atoms with Gasteiger partial charge in [0.1, 0.15) is 16.5 Å². The van der Waals surface area contributed by atoms with E-state index in [1.54, 1.807) is 31.2 Å². The smallest absolute Gasteiger partial charge is 0.310 e. The Kier molecular flexibility index (Phi) is 8.04. The van der Waals surface area contributed by atoms with Crippen molar-refractivity contribution in [1.29, 1.82) is 0 Å². The van der Waals surface area contributed by atoms with Crippen molar-refractivity contribution in [2.45, 2.75) is 31.1 Å². The van der Waals surface area contributed by atoms with Crippen molar-refractivity contribution >= 4 is 27.6 Å². The number of hydrogen-bond donors (Lipinski definition) is 1. The summed E-state index contributed by atoms with van der Waals surface area (Å²) in [6, 6.07) is 10.1. The highest BCUT2D eigenvalue weighted by Gasteiger charge is 2.35. The number of benzene rings is 2. The van der Waals surface area contributed by atoms with Crippen molar-refractivity contribution in [1.82, 2.24) is 4.31 Å². The zero-order chi connectivity index (χ0) is 24.0. The van der Waals surface area contributed by atoms with Crippen LogP contribution in [0.25, 0.3) is 0 Å². The van der Waals surface area contributed by atoms with Crippen LogP contribution in [0.15, 0.2) is 47.4 Å². The van der Waals surface area contributed by atoms with E-state index in [9.17, 15) is 22.4 Å². The summed E-state index contributed by atoms with van der Waals surface area (Å²) in [5.41, 5.74) is 1.30. The van der Waals surface area contributed by atoms with Gasteiger partial charge in [-0.15, -0.1) is 0 Å². The van der Waals surface area contributed by atoms with E-state index in [4.69, 9.17) is 9.47 Å². The van der Waals surface area contributed by atoms with Gasteiger partial charge in [-0.2, -0.15) is 4.31 Å². The average Bonchev–Trinajstić information content (AvgIpc) is 2.80. The standard InChI is InChI=1S/C23H27FN2O6S/c1-3-32-22(27)13-16-6-9-19(10-7-16)25-23(28)17-5-4-12-26(15-17)33(29,30)21-14-18(24)8-11-20(21)31-2/h6-11,14,17H,3-5,12-13,15H2,1-2H3,(H,25,28). The molecule has 0 aliphatic carbocycles. The summed E-state index contributed by atoms with van der Waals surface area (Å²) in [5, 5.41) is 2.80. The minimum atomic E-state index is -4.04. The molecule has 0 bridgehead atoms. The first-order valence-electron chi connectivity index (χ1n) is 10.6. The molecule has 1 aliphatic heterocycles. The number of nitrogens with one attached hydrogen (secondary N) is 1. The molecule has 1 fully saturated rings. The summed E-state index contributed by atoms with van der Waals surface area (Å²) in [6.45, 7) is 2.26. The maximum atomic E-state index is 13.7. The SMILES string of the molecule is CCOC(=O)Cc1ccc(NC(=O)C2CCCN(S(=O)(=O)c3cc(F)ccc3OC)C2)cc1. The maximum Gasteiger partial charge on any atom is 0.310 e. The number of anilines is 1. The van der Waals surface area contributed by atoms with Crippen molar-refractivity contribution in [2.75, 3.05) is 32.1 Å². The van der Waals surface area contributed by atoms with Crippen LogP contribution < -0.4 is 10.1 Å². The number of hydrogen-bond acceptors (Lipinski definition) is 6. The second-order valence-electron chi connectivity index (χ2n) is 7.67. The van der Waals surface area contributed by atoms with E-state index < -0.39 is 21.8 Å². The lowest BCUT2D eigenvalue weighted by Crippen LogP contribution is -2.43. The molecule has 8 nitrogen and oxygen atoms in total. The number of carbonyl (C=O) groups is 2. The van der Waals surface area contributed by atoms with Gasteiger partial charge in [-0.1, -0.05) is 12.1 Å². The molecule has 0 aromatic heterocycles. The van der Waals surface area contributed by atoms with Gasteiger partial charge in [0.2, 0.25) is 15.9 Å². The zero-order valence-corrected chi connectivity index (χ0v) is 19.4. The summed E-state index contributed by atoms with van der Waals surface area (Å²) in [5.74, 6) is -1.84. The summed E-state index contributed by atoms with van der Waals surface area (Å²) in [6.07, 6.45) is 1.16. The number of rotatable bonds is 8. The number of amides is 1. The van der Waals surface area contributed by atoms with E-state index in [2.05, 4.69) is 5.32 Å². The fourth-order valence-corrected chi connectivity index (χ4v) is 5.39. The first kappa shape index (κ1) is 24.7. The van der Waals surface area contributed by atoms with Gasteiger partial charge in [0.25, 0.3) is 0 Å². The summed E-state index contributed by atoms with van der Waals surface area (Å²) >= 11 is 0. The molecule has 2 aromatic rings. The van der Waals surface area contributed by atoms with E-state index >= 15 is 0 Å². The Labute approximate surface area is 192 Å². The van der Waals surface area contributed by atoms with Gasteiger partial charge < -0.3 is 14.8 Å². The lowest BCUT2D eigenvalue weighted by Gasteiger charge is -2.31. The molecule has 1 atom stereocenters. The number of sulfonamides is 1. The number of esters is 1. The van der Waals surface area contributed by atoms with Crippen molar-refractivity contribution in [2.24, 2.45) is 5.92 Å². The number of nitrogens with zero attached hydrogens (tertiary/aromatic N) is 1. The number of methoxy groups -OCH3 is 1. The molecule has 1 aliphatic rings. The largest absolute Gasteiger partial charge is 0.495 e. The van der Waals surface area contributed by atoms with Crippen LogP contribution in [0.2, 0.25) is 0 Å². The number of ether oxygens (including phenoxy) is 2. The molecule has 1 heterocycles. The van der Waals surface area contributed by atoms with E-state index in [-0.39, 0.29) is 42.0 Å². The molecule has 2 aromatic carbocycles. The van der Waals surface area contributed by atoms with Gasteiger partial charge in [0.05, 0.1) is 26.1 Å². The highest BCUT2D eigenvalue weighted by Crippen LogP contribution is 2.30. The molecular formula is C23H27FN2O6S. The predicted octanol–water partition coefficient (Wildman–Crippen LogP) is 2.98. The summed E-state index contributed by atoms with van der Waals surface area (Å²) in [7, 11) is -2.73. The van der Waals surface area contributed by atoms with Crippen LogP contribution >= 0.6 is 0 Å². The van der Waals surface area contributed by atoms with E-state index in [1.165, 1.54) is 17.5 Å². The topological polar surface area (TPSA) is 102 Å². The monoisotopic (exact) mass is 478 g/mol. The molecule has 178 valence electrons. The number of piperidine rings is 1. The molecule has 1 amide bonds. The fraction of sp³-hybridized carbons (Fsp3) is 0.391. The molecule has 10 heteroatoms. The summed E-state index contributed by atoms with van der Waals surface area (Å²) in [4.78, 5) is 24.1. The lowest BCUT2D eigenvalue weighted by atomic mass is 9.98. The Morgan fingerprint density at radius 1 is 1.18 bits per heavy atom. The molecule has 1 N–H and O–H groups in total. The fourth-order valence-electron chi connectivity index (χ4n) is 3.69. The third-order valence-electron chi connectivity index (χ3n) is 5.37. The Morgan fingerprint density at radius 3 is 2.58 bits per heavy atom. The molecule has 3 rings (SSSR count). The molecule has 1 unspecified atom stereocenters. The Bertz CT molecular complexity index is 1100. The van der Waals surface area contributed by atoms with Crippen LogP contribution in [0, 0.1) is 11.7 Å². The minimum absolute atomic E-state index is 0.0191.